The van der Waals surface area contributed by atoms with Crippen LogP contribution < -0.4 is 5.32 Å². The quantitative estimate of drug-likeness (QED) is 0.892. The van der Waals surface area contributed by atoms with Crippen molar-refractivity contribution in [2.45, 2.75) is 46.1 Å². The topological polar surface area (TPSA) is 61.6 Å². The van der Waals surface area contributed by atoms with Gasteiger partial charge in [-0.1, -0.05) is 27.7 Å². The van der Waals surface area contributed by atoms with Gasteiger partial charge in [0.05, 0.1) is 0 Å². The first-order valence-electron chi connectivity index (χ1n) is 9.31. The molecule has 2 aromatic rings. The van der Waals surface area contributed by atoms with Gasteiger partial charge in [-0.2, -0.15) is 4.52 Å². The Hall–Kier alpha value is -1.73. The first-order valence-corrected chi connectivity index (χ1v) is 9.31. The molecule has 3 rings (SSSR count). The maximum atomic E-state index is 4.70. The molecule has 3 heterocycles. The highest BCUT2D eigenvalue weighted by Gasteiger charge is 2.22. The summed E-state index contributed by atoms with van der Waals surface area (Å²) in [6, 6.07) is 4.44. The highest BCUT2D eigenvalue weighted by atomic mass is 15.4. The fourth-order valence-corrected chi connectivity index (χ4v) is 3.25. The molecule has 25 heavy (non-hydrogen) atoms. The summed E-state index contributed by atoms with van der Waals surface area (Å²) < 4.78 is 1.85. The Morgan fingerprint density at radius 3 is 2.48 bits per heavy atom. The molecule has 0 amide bonds. The maximum Gasteiger partial charge on any atom is 0.178 e. The fourth-order valence-electron chi connectivity index (χ4n) is 3.25. The van der Waals surface area contributed by atoms with Crippen LogP contribution in [0.2, 0.25) is 0 Å². The molecule has 7 heteroatoms. The number of likely N-dealkylation sites (N-methyl/N-ethyl adjacent to an activating group) is 1. The lowest BCUT2D eigenvalue weighted by Crippen LogP contribution is -2.51. The van der Waals surface area contributed by atoms with E-state index in [1.807, 2.05) is 16.6 Å². The van der Waals surface area contributed by atoms with Crippen LogP contribution in [-0.2, 0) is 5.41 Å². The highest BCUT2D eigenvalue weighted by molar-refractivity contribution is 5.44. The molecule has 1 saturated heterocycles. The predicted octanol–water partition coefficient (Wildman–Crippen LogP) is 1.86. The van der Waals surface area contributed by atoms with Crippen LogP contribution in [0.15, 0.2) is 12.1 Å². The molecule has 1 fully saturated rings. The third-order valence-electron chi connectivity index (χ3n) is 4.99. The molecule has 1 aliphatic rings. The van der Waals surface area contributed by atoms with E-state index in [-0.39, 0.29) is 5.41 Å². The highest BCUT2D eigenvalue weighted by Crippen LogP contribution is 2.20. The third kappa shape index (κ3) is 4.10. The van der Waals surface area contributed by atoms with E-state index in [0.29, 0.717) is 6.04 Å². The molecule has 0 aliphatic carbocycles. The molecule has 1 aliphatic heterocycles. The molecule has 1 atom stereocenters. The summed E-state index contributed by atoms with van der Waals surface area (Å²) in [4.78, 5) is 5.06. The molecule has 138 valence electrons. The van der Waals surface area contributed by atoms with Crippen molar-refractivity contribution in [2.75, 3.05) is 44.6 Å². The lowest BCUT2D eigenvalue weighted by molar-refractivity contribution is 0.110. The molecule has 2 aromatic heterocycles. The van der Waals surface area contributed by atoms with Gasteiger partial charge in [-0.25, -0.2) is 0 Å². The summed E-state index contributed by atoms with van der Waals surface area (Å²) in [5.74, 6) is 1.76. The van der Waals surface area contributed by atoms with Gasteiger partial charge in [0.25, 0.3) is 0 Å². The monoisotopic (exact) mass is 345 g/mol. The van der Waals surface area contributed by atoms with Crippen LogP contribution >= 0.6 is 0 Å². The van der Waals surface area contributed by atoms with E-state index in [1.54, 1.807) is 0 Å². The molecule has 1 N–H and O–H groups in total. The number of nitrogens with zero attached hydrogens (tertiary/aromatic N) is 6. The van der Waals surface area contributed by atoms with E-state index in [1.165, 1.54) is 13.1 Å². The van der Waals surface area contributed by atoms with Crippen molar-refractivity contribution >= 4 is 11.5 Å². The summed E-state index contributed by atoms with van der Waals surface area (Å²) in [6.07, 6.45) is 0. The molecule has 1 unspecified atom stereocenters. The number of fused-ring (bicyclic) bond motifs is 1. The number of hydrogen-bond acceptors (Lipinski definition) is 6. The van der Waals surface area contributed by atoms with Crippen LogP contribution in [0.4, 0.5) is 5.82 Å². The molecular weight excluding hydrogens is 314 g/mol. The predicted molar refractivity (Wildman–Crippen MR) is 101 cm³/mol. The Morgan fingerprint density at radius 2 is 1.84 bits per heavy atom. The van der Waals surface area contributed by atoms with Crippen LogP contribution in [0.1, 0.15) is 40.4 Å². The van der Waals surface area contributed by atoms with E-state index in [2.05, 4.69) is 59.9 Å². The zero-order valence-electron chi connectivity index (χ0n) is 16.2. The summed E-state index contributed by atoms with van der Waals surface area (Å²) in [6.45, 7) is 17.6. The fraction of sp³-hybridized carbons (Fsp3) is 0.722. The number of rotatable bonds is 5. The summed E-state index contributed by atoms with van der Waals surface area (Å²) in [5.41, 5.74) is 0.705. The Labute approximate surface area is 150 Å². The van der Waals surface area contributed by atoms with Gasteiger partial charge in [0.1, 0.15) is 5.82 Å². The van der Waals surface area contributed by atoms with Crippen molar-refractivity contribution in [1.82, 2.24) is 29.6 Å². The molecular formula is C18H31N7. The van der Waals surface area contributed by atoms with Crippen molar-refractivity contribution in [3.05, 3.63) is 18.0 Å². The van der Waals surface area contributed by atoms with Crippen molar-refractivity contribution in [3.63, 3.8) is 0 Å². The number of piperazine rings is 1. The number of hydrogen-bond donors (Lipinski definition) is 1. The second kappa shape index (κ2) is 7.25. The molecule has 0 aromatic carbocycles. The van der Waals surface area contributed by atoms with Gasteiger partial charge in [0.15, 0.2) is 11.5 Å². The second-order valence-electron chi connectivity index (χ2n) is 7.96. The lowest BCUT2D eigenvalue weighted by Gasteiger charge is -2.37. The first-order chi connectivity index (χ1) is 11.9. The smallest absolute Gasteiger partial charge is 0.178 e. The molecule has 0 spiro atoms. The third-order valence-corrected chi connectivity index (χ3v) is 4.99. The molecule has 0 radical (unpaired) electrons. The Kier molecular flexibility index (Phi) is 5.24. The number of nitrogens with one attached hydrogen (secondary N) is 1. The van der Waals surface area contributed by atoms with Crippen LogP contribution in [0.5, 0.6) is 0 Å². The minimum absolute atomic E-state index is 0.0860. The summed E-state index contributed by atoms with van der Waals surface area (Å²) in [5, 5.41) is 16.7. The molecule has 0 bridgehead atoms. The van der Waals surface area contributed by atoms with Gasteiger partial charge in [0, 0.05) is 44.2 Å². The van der Waals surface area contributed by atoms with Crippen LogP contribution in [0.25, 0.3) is 5.65 Å². The SMILES string of the molecule is CCN1CCN(C(C)CNc2ccc3nnc(C(C)(C)C)n3n2)CC1. The summed E-state index contributed by atoms with van der Waals surface area (Å²) in [7, 11) is 0. The van der Waals surface area contributed by atoms with Crippen molar-refractivity contribution in [1.29, 1.82) is 0 Å². The Morgan fingerprint density at radius 1 is 1.12 bits per heavy atom. The van der Waals surface area contributed by atoms with Gasteiger partial charge in [-0.05, 0) is 25.6 Å². The molecule has 7 nitrogen and oxygen atoms in total. The van der Waals surface area contributed by atoms with Crippen molar-refractivity contribution in [2.24, 2.45) is 0 Å². The van der Waals surface area contributed by atoms with Crippen molar-refractivity contribution < 1.29 is 0 Å². The molecule has 0 saturated carbocycles. The average Bonchev–Trinajstić information content (AvgIpc) is 3.03. The van der Waals surface area contributed by atoms with E-state index in [4.69, 9.17) is 5.10 Å². The number of anilines is 1. The second-order valence-corrected chi connectivity index (χ2v) is 7.96. The van der Waals surface area contributed by atoms with Crippen LogP contribution in [-0.4, -0.2) is 74.9 Å². The summed E-state index contributed by atoms with van der Waals surface area (Å²) >= 11 is 0. The van der Waals surface area contributed by atoms with Crippen LogP contribution in [0.3, 0.4) is 0 Å². The zero-order chi connectivity index (χ0) is 18.0. The van der Waals surface area contributed by atoms with Gasteiger partial charge >= 0.3 is 0 Å². The average molecular weight is 345 g/mol. The minimum atomic E-state index is -0.0860. The van der Waals surface area contributed by atoms with Gasteiger partial charge in [-0.3, -0.25) is 4.90 Å². The Bertz CT molecular complexity index is 695. The standard InChI is InChI=1S/C18H31N7/c1-6-23-9-11-24(12-10-23)14(2)13-19-15-7-8-16-20-21-17(18(3,4)5)25(16)22-15/h7-8,14H,6,9-13H2,1-5H3,(H,19,22). The number of aromatic nitrogens is 4. The lowest BCUT2D eigenvalue weighted by atomic mass is 9.96. The van der Waals surface area contributed by atoms with E-state index >= 15 is 0 Å². The minimum Gasteiger partial charge on any atom is -0.367 e. The van der Waals surface area contributed by atoms with Crippen molar-refractivity contribution in [3.8, 4) is 0 Å². The van der Waals surface area contributed by atoms with E-state index < -0.39 is 0 Å². The van der Waals surface area contributed by atoms with E-state index in [0.717, 1.165) is 43.5 Å². The van der Waals surface area contributed by atoms with E-state index in [9.17, 15) is 0 Å². The van der Waals surface area contributed by atoms with Gasteiger partial charge in [0.2, 0.25) is 0 Å². The maximum absolute atomic E-state index is 4.70. The Balaban J connectivity index is 1.63. The van der Waals surface area contributed by atoms with Gasteiger partial charge < -0.3 is 10.2 Å². The largest absolute Gasteiger partial charge is 0.367 e. The zero-order valence-corrected chi connectivity index (χ0v) is 16.2. The van der Waals surface area contributed by atoms with Crippen LogP contribution in [0, 0.1) is 0 Å². The normalized spacial score (nSPS) is 18.6. The first kappa shape index (κ1) is 18.1. The van der Waals surface area contributed by atoms with Gasteiger partial charge in [-0.15, -0.1) is 15.3 Å².